The van der Waals surface area contributed by atoms with Crippen LogP contribution in [0.3, 0.4) is 0 Å². The fraction of sp³-hybridized carbons (Fsp3) is 0.791. The third-order valence-electron chi connectivity index (χ3n) is 14.8. The van der Waals surface area contributed by atoms with Gasteiger partial charge in [0.1, 0.15) is 24.4 Å². The molecule has 0 aromatic carbocycles. The summed E-state index contributed by atoms with van der Waals surface area (Å²) >= 11 is 0. The lowest BCUT2D eigenvalue weighted by Gasteiger charge is -2.41. The van der Waals surface area contributed by atoms with Crippen molar-refractivity contribution < 1.29 is 49.3 Å². The summed E-state index contributed by atoms with van der Waals surface area (Å²) in [5.74, 6) is -1.23. The predicted octanol–water partition coefficient (Wildman–Crippen LogP) is 15.6. The molecule has 452 valence electrons. The molecule has 1 saturated heterocycles. The Labute approximate surface area is 477 Å². The molecule has 0 aromatic rings. The Morgan fingerprint density at radius 1 is 0.500 bits per heavy atom. The normalized spacial score (nSPS) is 19.4. The second kappa shape index (κ2) is 54.7. The largest absolute Gasteiger partial charge is 0.454 e. The maximum Gasteiger partial charge on any atom is 0.306 e. The first-order valence-electron chi connectivity index (χ1n) is 32.2. The zero-order chi connectivity index (χ0) is 56.8. The second-order valence-corrected chi connectivity index (χ2v) is 22.1. The van der Waals surface area contributed by atoms with E-state index < -0.39 is 67.4 Å². The van der Waals surface area contributed by atoms with Gasteiger partial charge in [0.15, 0.2) is 12.4 Å². The molecule has 1 aliphatic heterocycles. The van der Waals surface area contributed by atoms with Crippen LogP contribution in [0.4, 0.5) is 0 Å². The minimum atomic E-state index is -1.63. The van der Waals surface area contributed by atoms with Crippen LogP contribution in [0.1, 0.15) is 278 Å². The molecule has 6 N–H and O–H groups in total. The minimum absolute atomic E-state index is 0.0840. The number of allylic oxidation sites excluding steroid dienone is 11. The van der Waals surface area contributed by atoms with Gasteiger partial charge in [-0.15, -0.1) is 0 Å². The van der Waals surface area contributed by atoms with Gasteiger partial charge in [-0.25, -0.2) is 0 Å². The van der Waals surface area contributed by atoms with Crippen LogP contribution in [-0.2, 0) is 23.8 Å². The van der Waals surface area contributed by atoms with Gasteiger partial charge in [-0.1, -0.05) is 248 Å². The molecule has 0 bridgehead atoms. The third kappa shape index (κ3) is 42.0. The minimum Gasteiger partial charge on any atom is -0.454 e. The number of ether oxygens (including phenoxy) is 3. The molecule has 11 nitrogen and oxygen atoms in total. The maximum atomic E-state index is 13.4. The number of rotatable bonds is 54. The van der Waals surface area contributed by atoms with Gasteiger partial charge in [0, 0.05) is 6.42 Å². The molecule has 0 aliphatic carbocycles. The number of hydrogen-bond acceptors (Lipinski definition) is 10. The maximum absolute atomic E-state index is 13.4. The van der Waals surface area contributed by atoms with E-state index in [-0.39, 0.29) is 19.4 Å². The number of amides is 1. The van der Waals surface area contributed by atoms with E-state index in [4.69, 9.17) is 14.2 Å². The molecule has 1 amide bonds. The quantitative estimate of drug-likeness (QED) is 0.0195. The van der Waals surface area contributed by atoms with Crippen molar-refractivity contribution in [2.45, 2.75) is 327 Å². The summed E-state index contributed by atoms with van der Waals surface area (Å²) in [6.45, 7) is 5.75. The molecule has 8 unspecified atom stereocenters. The summed E-state index contributed by atoms with van der Waals surface area (Å²) in [5, 5.41) is 57.0. The van der Waals surface area contributed by atoms with Crippen LogP contribution in [0, 0.1) is 0 Å². The monoisotopic (exact) mass is 1100 g/mol. The van der Waals surface area contributed by atoms with Crippen molar-refractivity contribution in [2.75, 3.05) is 13.2 Å². The van der Waals surface area contributed by atoms with E-state index in [2.05, 4.69) is 86.8 Å². The SMILES string of the molecule is CCCCC/C=C\C/C=C\C/C=C\C/C=C\CCCCCC(=O)OC1C(OCC(NC(=O)C(O)CCCCCCCCCC/C=C/CCCCCCCC)C(O)/C=C/CCCCCCCCCCCC)OC(CO)C(O)C1O. The highest BCUT2D eigenvalue weighted by Gasteiger charge is 2.47. The van der Waals surface area contributed by atoms with Crippen molar-refractivity contribution in [3.05, 3.63) is 72.9 Å². The molecule has 1 fully saturated rings. The molecule has 11 heteroatoms. The number of nitrogens with one attached hydrogen (secondary N) is 1. The lowest BCUT2D eigenvalue weighted by molar-refractivity contribution is -0.305. The van der Waals surface area contributed by atoms with Crippen LogP contribution >= 0.6 is 0 Å². The van der Waals surface area contributed by atoms with Crippen LogP contribution < -0.4 is 5.32 Å². The summed E-state index contributed by atoms with van der Waals surface area (Å²) in [5.41, 5.74) is 0. The van der Waals surface area contributed by atoms with Gasteiger partial charge in [-0.2, -0.15) is 0 Å². The average Bonchev–Trinajstić information content (AvgIpc) is 3.45. The van der Waals surface area contributed by atoms with Crippen molar-refractivity contribution in [3.8, 4) is 0 Å². The van der Waals surface area contributed by atoms with Gasteiger partial charge in [0.05, 0.1) is 25.4 Å². The van der Waals surface area contributed by atoms with E-state index in [0.29, 0.717) is 12.8 Å². The van der Waals surface area contributed by atoms with E-state index in [0.717, 1.165) is 83.5 Å². The number of unbranched alkanes of at least 4 members (excludes halogenated alkanes) is 30. The molecular formula is C67H119NO10. The average molecular weight is 1100 g/mol. The number of esters is 1. The number of hydrogen-bond donors (Lipinski definition) is 6. The molecule has 1 rings (SSSR count). The first-order chi connectivity index (χ1) is 38.2. The molecule has 0 aromatic heterocycles. The first kappa shape index (κ1) is 73.1. The third-order valence-corrected chi connectivity index (χ3v) is 14.8. The van der Waals surface area contributed by atoms with Crippen molar-refractivity contribution in [2.24, 2.45) is 0 Å². The van der Waals surface area contributed by atoms with Crippen LogP contribution in [0.5, 0.6) is 0 Å². The van der Waals surface area contributed by atoms with E-state index in [1.165, 1.54) is 148 Å². The van der Waals surface area contributed by atoms with Gasteiger partial charge < -0.3 is 45.1 Å². The highest BCUT2D eigenvalue weighted by atomic mass is 16.7. The van der Waals surface area contributed by atoms with Crippen molar-refractivity contribution in [3.63, 3.8) is 0 Å². The predicted molar refractivity (Wildman–Crippen MR) is 324 cm³/mol. The summed E-state index contributed by atoms with van der Waals surface area (Å²) < 4.78 is 17.6. The summed E-state index contributed by atoms with van der Waals surface area (Å²) in [4.78, 5) is 26.6. The van der Waals surface area contributed by atoms with Gasteiger partial charge in [-0.3, -0.25) is 9.59 Å². The Hall–Kier alpha value is -2.90. The molecule has 78 heavy (non-hydrogen) atoms. The highest BCUT2D eigenvalue weighted by Crippen LogP contribution is 2.26. The smallest absolute Gasteiger partial charge is 0.306 e. The van der Waals surface area contributed by atoms with Crippen LogP contribution in [0.2, 0.25) is 0 Å². The Balaban J connectivity index is 2.69. The molecule has 1 heterocycles. The van der Waals surface area contributed by atoms with E-state index >= 15 is 0 Å². The van der Waals surface area contributed by atoms with E-state index in [1.54, 1.807) is 6.08 Å². The van der Waals surface area contributed by atoms with Crippen LogP contribution in [0.25, 0.3) is 0 Å². The second-order valence-electron chi connectivity index (χ2n) is 22.1. The lowest BCUT2D eigenvalue weighted by Crippen LogP contribution is -2.61. The number of aliphatic hydroxyl groups excluding tert-OH is 5. The Morgan fingerprint density at radius 2 is 0.885 bits per heavy atom. The van der Waals surface area contributed by atoms with Crippen molar-refractivity contribution in [1.82, 2.24) is 5.32 Å². The van der Waals surface area contributed by atoms with Gasteiger partial charge >= 0.3 is 5.97 Å². The molecular weight excluding hydrogens is 979 g/mol. The fourth-order valence-corrected chi connectivity index (χ4v) is 9.69. The van der Waals surface area contributed by atoms with Crippen LogP contribution in [0.15, 0.2) is 72.9 Å². The summed E-state index contributed by atoms with van der Waals surface area (Å²) in [7, 11) is 0. The Morgan fingerprint density at radius 3 is 1.36 bits per heavy atom. The standard InChI is InChI=1S/C67H119NO10/c1-4-7-10-13-16-19-22-25-27-29-31-33-35-37-40-43-46-49-52-55-62(72)78-65-64(74)63(73)61(56-69)77-67(65)76-57-58(59(70)53-50-47-44-41-38-24-21-18-15-12-9-6-3)68-66(75)60(71)54-51-48-45-42-39-36-34-32-30-28-26-23-20-17-14-11-8-5-2/h16,19,25-28,31,33,37,40,50,53,58-61,63-65,67,69-71,73-74H,4-15,17-18,20-24,29-30,32,34-36,38-39,41-49,51-52,54-57H2,1-3H3,(H,68,75)/b19-16-,27-25-,28-26+,33-31-,40-37-,53-50+. The highest BCUT2D eigenvalue weighted by molar-refractivity contribution is 5.80. The van der Waals surface area contributed by atoms with Crippen LogP contribution in [-0.4, -0.2) is 99.6 Å². The molecule has 8 atom stereocenters. The number of carbonyl (C=O) groups is 2. The van der Waals surface area contributed by atoms with Gasteiger partial charge in [0.2, 0.25) is 5.91 Å². The van der Waals surface area contributed by atoms with Gasteiger partial charge in [0.25, 0.3) is 0 Å². The van der Waals surface area contributed by atoms with Crippen molar-refractivity contribution in [1.29, 1.82) is 0 Å². The fourth-order valence-electron chi connectivity index (χ4n) is 9.69. The molecule has 0 radical (unpaired) electrons. The zero-order valence-electron chi connectivity index (χ0n) is 50.0. The molecule has 1 aliphatic rings. The zero-order valence-corrected chi connectivity index (χ0v) is 50.0. The molecule has 0 saturated carbocycles. The van der Waals surface area contributed by atoms with E-state index in [9.17, 15) is 35.1 Å². The molecule has 0 spiro atoms. The Kier molecular flexibility index (Phi) is 51.3. The number of carbonyl (C=O) groups excluding carboxylic acids is 2. The lowest BCUT2D eigenvalue weighted by atomic mass is 9.99. The topological polar surface area (TPSA) is 175 Å². The van der Waals surface area contributed by atoms with Gasteiger partial charge in [-0.05, 0) is 96.3 Å². The first-order valence-corrected chi connectivity index (χ1v) is 32.2. The number of aliphatic hydroxyl groups is 5. The summed E-state index contributed by atoms with van der Waals surface area (Å²) in [6, 6.07) is -1.03. The van der Waals surface area contributed by atoms with Crippen molar-refractivity contribution >= 4 is 11.9 Å². The Bertz CT molecular complexity index is 1540. The van der Waals surface area contributed by atoms with E-state index in [1.807, 2.05) is 6.08 Å². The summed E-state index contributed by atoms with van der Waals surface area (Å²) in [6.07, 6.45) is 59.3.